The minimum absolute atomic E-state index is 0.00538. The largest absolute Gasteiger partial charge is 0.401 e. The summed E-state index contributed by atoms with van der Waals surface area (Å²) < 4.78 is 42.6. The average Bonchev–Trinajstić information content (AvgIpc) is 3.26. The first kappa shape index (κ1) is 19.9. The highest BCUT2D eigenvalue weighted by atomic mass is 19.4. The molecule has 0 aliphatic carbocycles. The fourth-order valence-electron chi connectivity index (χ4n) is 3.58. The second-order valence-corrected chi connectivity index (χ2v) is 7.03. The van der Waals surface area contributed by atoms with Crippen LogP contribution in [0.1, 0.15) is 19.0 Å². The van der Waals surface area contributed by atoms with Gasteiger partial charge in [-0.15, -0.1) is 0 Å². The number of halogens is 3. The minimum Gasteiger partial charge on any atom is -0.364 e. The van der Waals surface area contributed by atoms with Gasteiger partial charge < -0.3 is 14.7 Å². The smallest absolute Gasteiger partial charge is 0.364 e. The number of hydrogen-bond donors (Lipinski definition) is 1. The Labute approximate surface area is 157 Å². The summed E-state index contributed by atoms with van der Waals surface area (Å²) in [5.41, 5.74) is 0.916. The zero-order valence-corrected chi connectivity index (χ0v) is 15.6. The molecule has 1 aromatic rings. The van der Waals surface area contributed by atoms with Gasteiger partial charge in [0.05, 0.1) is 12.2 Å². The Morgan fingerprint density at radius 3 is 2.67 bits per heavy atom. The number of aromatic nitrogens is 1. The number of piperazine rings is 1. The van der Waals surface area contributed by atoms with E-state index in [1.165, 1.54) is 4.90 Å². The van der Waals surface area contributed by atoms with Crippen molar-refractivity contribution in [3.05, 3.63) is 18.0 Å². The van der Waals surface area contributed by atoms with Crippen LogP contribution in [-0.4, -0.2) is 90.4 Å². The van der Waals surface area contributed by atoms with E-state index in [0.29, 0.717) is 26.1 Å². The molecule has 0 aromatic carbocycles. The third-order valence-corrected chi connectivity index (χ3v) is 4.87. The third-order valence-electron chi connectivity index (χ3n) is 4.87. The maximum atomic E-state index is 12.6. The van der Waals surface area contributed by atoms with Crippen molar-refractivity contribution >= 4 is 5.96 Å². The number of guanidine groups is 1. The summed E-state index contributed by atoms with van der Waals surface area (Å²) in [6, 6.07) is 1.87. The van der Waals surface area contributed by atoms with E-state index in [2.05, 4.69) is 25.3 Å². The van der Waals surface area contributed by atoms with E-state index in [9.17, 15) is 13.2 Å². The van der Waals surface area contributed by atoms with E-state index in [-0.39, 0.29) is 6.04 Å². The fourth-order valence-corrected chi connectivity index (χ4v) is 3.58. The first-order chi connectivity index (χ1) is 12.9. The Morgan fingerprint density at radius 1 is 1.26 bits per heavy atom. The zero-order valence-electron chi connectivity index (χ0n) is 15.6. The molecule has 2 fully saturated rings. The molecule has 0 saturated carbocycles. The Bertz CT molecular complexity index is 598. The first-order valence-corrected chi connectivity index (χ1v) is 9.39. The number of rotatable bonds is 5. The molecule has 1 N–H and O–H groups in total. The number of nitrogens with zero attached hydrogens (tertiary/aromatic N) is 5. The number of hydrogen-bond acceptors (Lipinski definition) is 5. The van der Waals surface area contributed by atoms with E-state index < -0.39 is 12.7 Å². The van der Waals surface area contributed by atoms with Gasteiger partial charge in [-0.2, -0.15) is 13.2 Å². The Hall–Kier alpha value is -1.81. The molecule has 3 heterocycles. The molecule has 1 aromatic heterocycles. The van der Waals surface area contributed by atoms with Crippen molar-refractivity contribution in [2.45, 2.75) is 32.1 Å². The number of likely N-dealkylation sites (tertiary alicyclic amines) is 1. The van der Waals surface area contributed by atoms with Crippen LogP contribution in [0.15, 0.2) is 21.8 Å². The lowest BCUT2D eigenvalue weighted by atomic mass is 10.2. The van der Waals surface area contributed by atoms with E-state index in [0.717, 1.165) is 44.4 Å². The molecule has 152 valence electrons. The van der Waals surface area contributed by atoms with E-state index in [4.69, 9.17) is 4.52 Å². The number of nitrogens with one attached hydrogen (secondary N) is 1. The molecule has 0 spiro atoms. The van der Waals surface area contributed by atoms with Crippen molar-refractivity contribution in [1.82, 2.24) is 25.2 Å². The zero-order chi connectivity index (χ0) is 19.3. The standard InChI is InChI=1S/C17H27F3N6O/c1-2-21-16(22-14-3-5-25(11-14)13-17(18,19)20)26-8-6-24(7-9-26)12-15-4-10-27-23-15/h4,10,14H,2-3,5-9,11-13H2,1H3,(H,21,22). The van der Waals surface area contributed by atoms with Gasteiger partial charge in [0, 0.05) is 64.5 Å². The van der Waals surface area contributed by atoms with Gasteiger partial charge in [-0.3, -0.25) is 14.8 Å². The van der Waals surface area contributed by atoms with Crippen molar-refractivity contribution in [3.63, 3.8) is 0 Å². The van der Waals surface area contributed by atoms with E-state index in [1.807, 2.05) is 13.0 Å². The maximum absolute atomic E-state index is 12.6. The van der Waals surface area contributed by atoms with Crippen LogP contribution in [-0.2, 0) is 6.54 Å². The molecular formula is C17H27F3N6O. The van der Waals surface area contributed by atoms with Crippen molar-refractivity contribution in [3.8, 4) is 0 Å². The topological polar surface area (TPSA) is 60.1 Å². The Balaban J connectivity index is 1.48. The van der Waals surface area contributed by atoms with Crippen LogP contribution in [0.4, 0.5) is 13.2 Å². The normalized spacial score (nSPS) is 23.2. The lowest BCUT2D eigenvalue weighted by molar-refractivity contribution is -0.143. The molecule has 0 bridgehead atoms. The van der Waals surface area contributed by atoms with Gasteiger partial charge in [-0.05, 0) is 13.3 Å². The molecule has 0 amide bonds. The second kappa shape index (κ2) is 8.92. The van der Waals surface area contributed by atoms with Crippen LogP contribution in [0.25, 0.3) is 0 Å². The molecule has 1 atom stereocenters. The third kappa shape index (κ3) is 6.10. The quantitative estimate of drug-likeness (QED) is 0.608. The second-order valence-electron chi connectivity index (χ2n) is 7.03. The van der Waals surface area contributed by atoms with E-state index >= 15 is 0 Å². The molecule has 2 saturated heterocycles. The average molecular weight is 388 g/mol. The van der Waals surface area contributed by atoms with Crippen LogP contribution in [0.5, 0.6) is 0 Å². The molecule has 2 aliphatic rings. The van der Waals surface area contributed by atoms with Crippen LogP contribution in [0, 0.1) is 0 Å². The van der Waals surface area contributed by atoms with Crippen molar-refractivity contribution in [1.29, 1.82) is 0 Å². The maximum Gasteiger partial charge on any atom is 0.401 e. The van der Waals surface area contributed by atoms with Gasteiger partial charge in [-0.25, -0.2) is 0 Å². The SMILES string of the molecule is CCN=C(NC1CCN(CC(F)(F)F)C1)N1CCN(Cc2ccon2)CC1. The summed E-state index contributed by atoms with van der Waals surface area (Å²) in [7, 11) is 0. The number of aliphatic imine (C=N–C) groups is 1. The highest BCUT2D eigenvalue weighted by Gasteiger charge is 2.35. The molecule has 27 heavy (non-hydrogen) atoms. The molecule has 2 aliphatic heterocycles. The highest BCUT2D eigenvalue weighted by Crippen LogP contribution is 2.20. The Kier molecular flexibility index (Phi) is 6.59. The summed E-state index contributed by atoms with van der Waals surface area (Å²) in [5.74, 6) is 0.803. The summed E-state index contributed by atoms with van der Waals surface area (Å²) in [6.45, 7) is 6.78. The van der Waals surface area contributed by atoms with Gasteiger partial charge in [0.1, 0.15) is 6.26 Å². The predicted molar refractivity (Wildman–Crippen MR) is 95.4 cm³/mol. The summed E-state index contributed by atoms with van der Waals surface area (Å²) in [6.07, 6.45) is -1.87. The monoisotopic (exact) mass is 388 g/mol. The summed E-state index contributed by atoms with van der Waals surface area (Å²) >= 11 is 0. The lowest BCUT2D eigenvalue weighted by Crippen LogP contribution is -2.54. The van der Waals surface area contributed by atoms with Gasteiger partial charge in [-0.1, -0.05) is 5.16 Å². The van der Waals surface area contributed by atoms with Gasteiger partial charge in [0.25, 0.3) is 0 Å². The first-order valence-electron chi connectivity index (χ1n) is 9.39. The van der Waals surface area contributed by atoms with Crippen molar-refractivity contribution in [2.24, 2.45) is 4.99 Å². The molecule has 10 heteroatoms. The minimum atomic E-state index is -4.14. The van der Waals surface area contributed by atoms with Crippen LogP contribution in [0.2, 0.25) is 0 Å². The fraction of sp³-hybridized carbons (Fsp3) is 0.765. The number of alkyl halides is 3. The molecule has 3 rings (SSSR count). The van der Waals surface area contributed by atoms with Crippen LogP contribution < -0.4 is 5.32 Å². The van der Waals surface area contributed by atoms with Crippen molar-refractivity contribution < 1.29 is 17.7 Å². The lowest BCUT2D eigenvalue weighted by Gasteiger charge is -2.37. The predicted octanol–water partition coefficient (Wildman–Crippen LogP) is 1.39. The molecular weight excluding hydrogens is 361 g/mol. The van der Waals surface area contributed by atoms with Crippen molar-refractivity contribution in [2.75, 3.05) is 52.4 Å². The highest BCUT2D eigenvalue weighted by molar-refractivity contribution is 5.80. The molecule has 7 nitrogen and oxygen atoms in total. The summed E-state index contributed by atoms with van der Waals surface area (Å²) in [5, 5.41) is 7.33. The van der Waals surface area contributed by atoms with Gasteiger partial charge in [0.2, 0.25) is 0 Å². The van der Waals surface area contributed by atoms with Crippen LogP contribution in [0.3, 0.4) is 0 Å². The van der Waals surface area contributed by atoms with Gasteiger partial charge >= 0.3 is 6.18 Å². The molecule has 0 radical (unpaired) electrons. The molecule has 1 unspecified atom stereocenters. The summed E-state index contributed by atoms with van der Waals surface area (Å²) in [4.78, 5) is 10.5. The van der Waals surface area contributed by atoms with Crippen LogP contribution >= 0.6 is 0 Å². The Morgan fingerprint density at radius 2 is 2.04 bits per heavy atom. The van der Waals surface area contributed by atoms with E-state index in [1.54, 1.807) is 6.26 Å². The van der Waals surface area contributed by atoms with Gasteiger partial charge in [0.15, 0.2) is 5.96 Å².